The Bertz CT molecular complexity index is 471. The molecule has 4 nitrogen and oxygen atoms in total. The molecule has 0 spiro atoms. The van der Waals surface area contributed by atoms with Gasteiger partial charge in [0.15, 0.2) is 0 Å². The summed E-state index contributed by atoms with van der Waals surface area (Å²) in [6, 6.07) is 8.02. The van der Waals surface area contributed by atoms with Gasteiger partial charge in [0.2, 0.25) is 0 Å². The molecule has 0 amide bonds. The maximum Gasteiger partial charge on any atom is 0.316 e. The first kappa shape index (κ1) is 11.5. The minimum Gasteiger partial charge on any atom is -0.457 e. The smallest absolute Gasteiger partial charge is 0.316 e. The van der Waals surface area contributed by atoms with E-state index in [1.165, 1.54) is 0 Å². The normalized spacial score (nSPS) is 10.5. The summed E-state index contributed by atoms with van der Waals surface area (Å²) in [6.07, 6.45) is 3.46. The Labute approximate surface area is 101 Å². The summed E-state index contributed by atoms with van der Waals surface area (Å²) in [5.41, 5.74) is 1.85. The van der Waals surface area contributed by atoms with E-state index in [1.54, 1.807) is 12.4 Å². The van der Waals surface area contributed by atoms with E-state index in [1.807, 2.05) is 24.3 Å². The topological polar surface area (TPSA) is 47.9 Å². The molecule has 0 aliphatic heterocycles. The number of nitrogens with zero attached hydrogens (tertiary/aromatic N) is 3. The van der Waals surface area contributed by atoms with Gasteiger partial charge in [-0.05, 0) is 24.1 Å². The first-order chi connectivity index (χ1) is 8.25. The lowest BCUT2D eigenvalue weighted by atomic mass is 10.1. The number of hydrogen-bond donors (Lipinski definition) is 0. The zero-order chi connectivity index (χ0) is 12.1. The highest BCUT2D eigenvalue weighted by molar-refractivity contribution is 5.09. The van der Waals surface area contributed by atoms with Gasteiger partial charge in [-0.15, -0.1) is 0 Å². The van der Waals surface area contributed by atoms with Crippen molar-refractivity contribution in [2.24, 2.45) is 0 Å². The van der Waals surface area contributed by atoms with Crippen LogP contribution in [0.4, 0.5) is 0 Å². The number of rotatable bonds is 4. The van der Waals surface area contributed by atoms with Gasteiger partial charge in [0.25, 0.3) is 0 Å². The summed E-state index contributed by atoms with van der Waals surface area (Å²) < 4.78 is 5.50. The van der Waals surface area contributed by atoms with Gasteiger partial charge in [-0.25, -0.2) is 4.98 Å². The average molecular weight is 229 g/mol. The van der Waals surface area contributed by atoms with Gasteiger partial charge in [0.1, 0.15) is 6.61 Å². The van der Waals surface area contributed by atoms with Crippen LogP contribution in [0.25, 0.3) is 0 Å². The van der Waals surface area contributed by atoms with E-state index < -0.39 is 0 Å². The highest BCUT2D eigenvalue weighted by Crippen LogP contribution is 2.13. The standard InChI is InChI=1S/C13H15N3O/c1-10(2)12-6-8-15-13(16-12)17-9-11-5-3-4-7-14-11/h3-8,10H,9H2,1-2H3. The van der Waals surface area contributed by atoms with Crippen molar-refractivity contribution in [1.29, 1.82) is 0 Å². The molecule has 0 saturated carbocycles. The Morgan fingerprint density at radius 3 is 2.71 bits per heavy atom. The maximum absolute atomic E-state index is 5.50. The lowest BCUT2D eigenvalue weighted by molar-refractivity contribution is 0.275. The van der Waals surface area contributed by atoms with Crippen LogP contribution in [0.2, 0.25) is 0 Å². The van der Waals surface area contributed by atoms with Crippen LogP contribution in [0.15, 0.2) is 36.7 Å². The van der Waals surface area contributed by atoms with Gasteiger partial charge in [-0.1, -0.05) is 19.9 Å². The second kappa shape index (κ2) is 5.39. The van der Waals surface area contributed by atoms with Crippen LogP contribution in [0.3, 0.4) is 0 Å². The highest BCUT2D eigenvalue weighted by Gasteiger charge is 2.04. The van der Waals surface area contributed by atoms with E-state index in [9.17, 15) is 0 Å². The van der Waals surface area contributed by atoms with Crippen molar-refractivity contribution in [3.05, 3.63) is 48.0 Å². The predicted molar refractivity (Wildman–Crippen MR) is 64.7 cm³/mol. The van der Waals surface area contributed by atoms with Gasteiger partial charge in [0, 0.05) is 12.4 Å². The first-order valence-electron chi connectivity index (χ1n) is 5.61. The van der Waals surface area contributed by atoms with Crippen LogP contribution >= 0.6 is 0 Å². The molecule has 0 aliphatic rings. The number of ether oxygens (including phenoxy) is 1. The van der Waals surface area contributed by atoms with Crippen LogP contribution in [-0.4, -0.2) is 15.0 Å². The number of hydrogen-bond acceptors (Lipinski definition) is 4. The minimum atomic E-state index is 0.371. The van der Waals surface area contributed by atoms with E-state index >= 15 is 0 Å². The fourth-order valence-corrected chi connectivity index (χ4v) is 1.37. The SMILES string of the molecule is CC(C)c1ccnc(OCc2ccccn2)n1. The van der Waals surface area contributed by atoms with Crippen molar-refractivity contribution in [3.63, 3.8) is 0 Å². The van der Waals surface area contributed by atoms with E-state index in [0.717, 1.165) is 11.4 Å². The molecule has 2 aromatic rings. The van der Waals surface area contributed by atoms with E-state index in [4.69, 9.17) is 4.74 Å². The second-order valence-corrected chi connectivity index (χ2v) is 4.03. The van der Waals surface area contributed by atoms with E-state index in [0.29, 0.717) is 18.5 Å². The Kier molecular flexibility index (Phi) is 3.65. The van der Waals surface area contributed by atoms with Gasteiger partial charge >= 0.3 is 6.01 Å². The number of aromatic nitrogens is 3. The molecule has 2 rings (SSSR count). The fourth-order valence-electron chi connectivity index (χ4n) is 1.37. The molecule has 0 unspecified atom stereocenters. The molecule has 88 valence electrons. The van der Waals surface area contributed by atoms with Crippen molar-refractivity contribution in [3.8, 4) is 6.01 Å². The Morgan fingerprint density at radius 1 is 1.12 bits per heavy atom. The lowest BCUT2D eigenvalue weighted by Crippen LogP contribution is -2.03. The van der Waals surface area contributed by atoms with Crippen molar-refractivity contribution in [1.82, 2.24) is 15.0 Å². The molecular formula is C13H15N3O. The monoisotopic (exact) mass is 229 g/mol. The van der Waals surface area contributed by atoms with Gasteiger partial charge in [0.05, 0.1) is 11.4 Å². The van der Waals surface area contributed by atoms with Crippen molar-refractivity contribution in [2.75, 3.05) is 0 Å². The molecule has 0 atom stereocenters. The molecule has 0 bridgehead atoms. The molecule has 0 aliphatic carbocycles. The molecule has 0 radical (unpaired) electrons. The molecule has 17 heavy (non-hydrogen) atoms. The van der Waals surface area contributed by atoms with Crippen LogP contribution in [0, 0.1) is 0 Å². The fraction of sp³-hybridized carbons (Fsp3) is 0.308. The minimum absolute atomic E-state index is 0.371. The summed E-state index contributed by atoms with van der Waals surface area (Å²) in [4.78, 5) is 12.6. The van der Waals surface area contributed by atoms with Crippen LogP contribution in [0.5, 0.6) is 6.01 Å². The Morgan fingerprint density at radius 2 is 2.00 bits per heavy atom. The predicted octanol–water partition coefficient (Wildman–Crippen LogP) is 2.57. The van der Waals surface area contributed by atoms with Crippen LogP contribution < -0.4 is 4.74 Å². The zero-order valence-electron chi connectivity index (χ0n) is 10.00. The largest absolute Gasteiger partial charge is 0.457 e. The molecule has 4 heteroatoms. The molecule has 2 aromatic heterocycles. The third-order valence-corrected chi connectivity index (χ3v) is 2.32. The van der Waals surface area contributed by atoms with Gasteiger partial charge in [-0.3, -0.25) is 4.98 Å². The van der Waals surface area contributed by atoms with E-state index in [2.05, 4.69) is 28.8 Å². The van der Waals surface area contributed by atoms with Gasteiger partial charge in [-0.2, -0.15) is 4.98 Å². The lowest BCUT2D eigenvalue weighted by Gasteiger charge is -2.07. The number of pyridine rings is 1. The summed E-state index contributed by atoms with van der Waals surface area (Å²) in [6.45, 7) is 4.57. The summed E-state index contributed by atoms with van der Waals surface area (Å²) in [5, 5.41) is 0. The third kappa shape index (κ3) is 3.24. The second-order valence-electron chi connectivity index (χ2n) is 4.03. The first-order valence-corrected chi connectivity index (χ1v) is 5.61. The zero-order valence-corrected chi connectivity index (χ0v) is 10.00. The Hall–Kier alpha value is -1.97. The van der Waals surface area contributed by atoms with E-state index in [-0.39, 0.29) is 0 Å². The van der Waals surface area contributed by atoms with Crippen molar-refractivity contribution >= 4 is 0 Å². The molecular weight excluding hydrogens is 214 g/mol. The summed E-state index contributed by atoms with van der Waals surface area (Å²) in [7, 11) is 0. The summed E-state index contributed by atoms with van der Waals surface area (Å²) in [5.74, 6) is 0.371. The van der Waals surface area contributed by atoms with Gasteiger partial charge < -0.3 is 4.74 Å². The Balaban J connectivity index is 2.02. The van der Waals surface area contributed by atoms with Crippen molar-refractivity contribution in [2.45, 2.75) is 26.4 Å². The highest BCUT2D eigenvalue weighted by atomic mass is 16.5. The maximum atomic E-state index is 5.50. The van der Waals surface area contributed by atoms with Crippen molar-refractivity contribution < 1.29 is 4.74 Å². The molecule has 0 saturated heterocycles. The molecule has 2 heterocycles. The molecule has 0 aromatic carbocycles. The average Bonchev–Trinajstić information content (AvgIpc) is 2.38. The third-order valence-electron chi connectivity index (χ3n) is 2.32. The van der Waals surface area contributed by atoms with Crippen LogP contribution in [0.1, 0.15) is 31.2 Å². The molecule has 0 N–H and O–H groups in total. The molecule has 0 fully saturated rings. The van der Waals surface area contributed by atoms with Crippen LogP contribution in [-0.2, 0) is 6.61 Å². The summed E-state index contributed by atoms with van der Waals surface area (Å²) >= 11 is 0. The quantitative estimate of drug-likeness (QED) is 0.808.